The van der Waals surface area contributed by atoms with Gasteiger partial charge in [0.15, 0.2) is 0 Å². The second-order valence-corrected chi connectivity index (χ2v) is 8.32. The highest BCUT2D eigenvalue weighted by atomic mass is 33.1. The Balaban J connectivity index is 2.40. The van der Waals surface area contributed by atoms with Gasteiger partial charge in [0.1, 0.15) is 0 Å². The molecule has 0 atom stereocenters. The van der Waals surface area contributed by atoms with Crippen molar-refractivity contribution in [2.45, 2.75) is 58.1 Å². The third-order valence-electron chi connectivity index (χ3n) is 2.47. The van der Waals surface area contributed by atoms with E-state index in [1.165, 1.54) is 31.4 Å². The lowest BCUT2D eigenvalue weighted by Gasteiger charge is -2.44. The van der Waals surface area contributed by atoms with E-state index in [1.54, 1.807) is 0 Å². The molecule has 0 spiro atoms. The monoisotopic (exact) mass is 218 g/mol. The largest absolute Gasteiger partial charge is 0.0939 e. The van der Waals surface area contributed by atoms with Crippen LogP contribution in [0.1, 0.15) is 53.4 Å². The van der Waals surface area contributed by atoms with Crippen molar-refractivity contribution in [1.82, 2.24) is 0 Å². The summed E-state index contributed by atoms with van der Waals surface area (Å²) in [5.41, 5.74) is 0.502. The Morgan fingerprint density at radius 2 is 1.85 bits per heavy atom. The van der Waals surface area contributed by atoms with Crippen molar-refractivity contribution in [3.8, 4) is 0 Å². The van der Waals surface area contributed by atoms with Crippen molar-refractivity contribution in [1.29, 1.82) is 0 Å². The lowest BCUT2D eigenvalue weighted by Crippen LogP contribution is -2.36. The standard InChI is InChI=1S/C11H22S2/c1-5-12-13-11(7-6-8-11)9-10(2,3)4/h5-9H2,1-4H3. The topological polar surface area (TPSA) is 0 Å². The first-order valence-corrected chi connectivity index (χ1v) is 7.60. The first-order valence-electron chi connectivity index (χ1n) is 5.28. The van der Waals surface area contributed by atoms with E-state index in [2.05, 4.69) is 38.5 Å². The maximum Gasteiger partial charge on any atom is 0.0268 e. The van der Waals surface area contributed by atoms with Crippen LogP contribution in [-0.2, 0) is 0 Å². The van der Waals surface area contributed by atoms with Crippen LogP contribution in [0, 0.1) is 5.41 Å². The lowest BCUT2D eigenvalue weighted by atomic mass is 9.73. The van der Waals surface area contributed by atoms with Gasteiger partial charge in [0.05, 0.1) is 0 Å². The molecule has 1 fully saturated rings. The van der Waals surface area contributed by atoms with E-state index in [-0.39, 0.29) is 0 Å². The van der Waals surface area contributed by atoms with E-state index in [1.807, 2.05) is 10.8 Å². The van der Waals surface area contributed by atoms with E-state index in [0.29, 0.717) is 10.2 Å². The Morgan fingerprint density at radius 3 is 2.15 bits per heavy atom. The SMILES string of the molecule is CCSSC1(CC(C)(C)C)CCC1. The zero-order valence-electron chi connectivity index (χ0n) is 9.35. The van der Waals surface area contributed by atoms with Crippen LogP contribution in [0.2, 0.25) is 0 Å². The fraction of sp³-hybridized carbons (Fsp3) is 1.00. The van der Waals surface area contributed by atoms with Gasteiger partial charge >= 0.3 is 0 Å². The average molecular weight is 218 g/mol. The number of hydrogen-bond donors (Lipinski definition) is 0. The highest BCUT2D eigenvalue weighted by Gasteiger charge is 2.40. The highest BCUT2D eigenvalue weighted by molar-refractivity contribution is 8.77. The minimum absolute atomic E-state index is 0.502. The molecule has 0 aliphatic heterocycles. The molecule has 78 valence electrons. The zero-order valence-corrected chi connectivity index (χ0v) is 11.0. The molecule has 1 aliphatic carbocycles. The molecule has 0 aromatic carbocycles. The summed E-state index contributed by atoms with van der Waals surface area (Å²) in [6.45, 7) is 9.35. The van der Waals surface area contributed by atoms with Crippen molar-refractivity contribution < 1.29 is 0 Å². The summed E-state index contributed by atoms with van der Waals surface area (Å²) in [6.07, 6.45) is 5.73. The van der Waals surface area contributed by atoms with Crippen LogP contribution in [0.4, 0.5) is 0 Å². The maximum absolute atomic E-state index is 2.37. The van der Waals surface area contributed by atoms with E-state index in [0.717, 1.165) is 0 Å². The highest BCUT2D eigenvalue weighted by Crippen LogP contribution is 2.54. The molecule has 0 saturated heterocycles. The minimum atomic E-state index is 0.502. The molecule has 0 amide bonds. The third kappa shape index (κ3) is 3.75. The Morgan fingerprint density at radius 1 is 1.23 bits per heavy atom. The van der Waals surface area contributed by atoms with Crippen LogP contribution in [0.5, 0.6) is 0 Å². The van der Waals surface area contributed by atoms with Gasteiger partial charge in [-0.05, 0) is 24.7 Å². The second-order valence-electron chi connectivity index (χ2n) is 5.26. The van der Waals surface area contributed by atoms with Crippen molar-refractivity contribution in [3.05, 3.63) is 0 Å². The summed E-state index contributed by atoms with van der Waals surface area (Å²) >= 11 is 0. The van der Waals surface area contributed by atoms with Gasteiger partial charge in [-0.3, -0.25) is 0 Å². The molecule has 0 unspecified atom stereocenters. The summed E-state index contributed by atoms with van der Waals surface area (Å²) in [4.78, 5) is 0. The summed E-state index contributed by atoms with van der Waals surface area (Å²) in [5, 5.41) is 0. The first kappa shape index (κ1) is 11.8. The van der Waals surface area contributed by atoms with Gasteiger partial charge in [-0.1, -0.05) is 55.7 Å². The summed E-state index contributed by atoms with van der Waals surface area (Å²) in [5.74, 6) is 1.25. The molecule has 1 aliphatic rings. The molecule has 0 radical (unpaired) electrons. The summed E-state index contributed by atoms with van der Waals surface area (Å²) in [6, 6.07) is 0. The van der Waals surface area contributed by atoms with Crippen LogP contribution in [-0.4, -0.2) is 10.5 Å². The quantitative estimate of drug-likeness (QED) is 0.625. The smallest absolute Gasteiger partial charge is 0.0268 e. The van der Waals surface area contributed by atoms with Crippen LogP contribution in [0.15, 0.2) is 0 Å². The molecule has 0 aromatic heterocycles. The van der Waals surface area contributed by atoms with Gasteiger partial charge in [0.25, 0.3) is 0 Å². The van der Waals surface area contributed by atoms with Crippen LogP contribution < -0.4 is 0 Å². The molecule has 0 N–H and O–H groups in total. The molecule has 0 nitrogen and oxygen atoms in total. The molecule has 2 heteroatoms. The van der Waals surface area contributed by atoms with Gasteiger partial charge < -0.3 is 0 Å². The van der Waals surface area contributed by atoms with Crippen LogP contribution in [0.3, 0.4) is 0 Å². The van der Waals surface area contributed by atoms with E-state index >= 15 is 0 Å². The summed E-state index contributed by atoms with van der Waals surface area (Å²) < 4.78 is 0.638. The predicted molar refractivity (Wildman–Crippen MR) is 66.4 cm³/mol. The fourth-order valence-electron chi connectivity index (χ4n) is 2.01. The van der Waals surface area contributed by atoms with Crippen molar-refractivity contribution >= 4 is 21.6 Å². The Bertz CT molecular complexity index is 154. The molecule has 1 saturated carbocycles. The van der Waals surface area contributed by atoms with Gasteiger partial charge in [-0.2, -0.15) is 0 Å². The van der Waals surface area contributed by atoms with Crippen LogP contribution in [0.25, 0.3) is 0 Å². The Hall–Kier alpha value is 0.700. The fourth-order valence-corrected chi connectivity index (χ4v) is 5.11. The van der Waals surface area contributed by atoms with Crippen molar-refractivity contribution in [2.24, 2.45) is 5.41 Å². The molecule has 13 heavy (non-hydrogen) atoms. The van der Waals surface area contributed by atoms with E-state index in [9.17, 15) is 0 Å². The average Bonchev–Trinajstić information content (AvgIpc) is 1.92. The van der Waals surface area contributed by atoms with Gasteiger partial charge in [-0.15, -0.1) is 0 Å². The molecular weight excluding hydrogens is 196 g/mol. The molecule has 0 bridgehead atoms. The molecule has 0 heterocycles. The van der Waals surface area contributed by atoms with Gasteiger partial charge in [0.2, 0.25) is 0 Å². The maximum atomic E-state index is 2.37. The molecule has 1 rings (SSSR count). The van der Waals surface area contributed by atoms with Crippen LogP contribution >= 0.6 is 21.6 Å². The number of hydrogen-bond acceptors (Lipinski definition) is 2. The molecule has 0 aromatic rings. The second kappa shape index (κ2) is 4.48. The van der Waals surface area contributed by atoms with E-state index in [4.69, 9.17) is 0 Å². The Labute approximate surface area is 91.0 Å². The summed E-state index contributed by atoms with van der Waals surface area (Å²) in [7, 11) is 4.20. The third-order valence-corrected chi connectivity index (χ3v) is 5.85. The zero-order chi connectivity index (χ0) is 9.95. The molecular formula is C11H22S2. The minimum Gasteiger partial charge on any atom is -0.0939 e. The predicted octanol–water partition coefficient (Wildman–Crippen LogP) is 4.75. The lowest BCUT2D eigenvalue weighted by molar-refractivity contribution is 0.242. The number of rotatable bonds is 4. The normalized spacial score (nSPS) is 21.2. The Kier molecular flexibility index (Phi) is 4.06. The van der Waals surface area contributed by atoms with E-state index < -0.39 is 0 Å². The van der Waals surface area contributed by atoms with Crippen molar-refractivity contribution in [2.75, 3.05) is 5.75 Å². The van der Waals surface area contributed by atoms with Crippen molar-refractivity contribution in [3.63, 3.8) is 0 Å². The first-order chi connectivity index (χ1) is 5.97. The van der Waals surface area contributed by atoms with Gasteiger partial charge in [-0.25, -0.2) is 0 Å². The van der Waals surface area contributed by atoms with Gasteiger partial charge in [0, 0.05) is 10.5 Å².